The van der Waals surface area contributed by atoms with Crippen LogP contribution in [-0.4, -0.2) is 35.2 Å². The van der Waals surface area contributed by atoms with Gasteiger partial charge in [0.15, 0.2) is 5.75 Å². The van der Waals surface area contributed by atoms with E-state index in [-0.39, 0.29) is 22.2 Å². The monoisotopic (exact) mass is 356 g/mol. The van der Waals surface area contributed by atoms with E-state index in [0.717, 1.165) is 12.1 Å². The van der Waals surface area contributed by atoms with Crippen LogP contribution < -0.4 is 9.86 Å². The van der Waals surface area contributed by atoms with Crippen molar-refractivity contribution in [1.29, 1.82) is 0 Å². The van der Waals surface area contributed by atoms with Gasteiger partial charge in [-0.05, 0) is 25.1 Å². The van der Waals surface area contributed by atoms with E-state index in [0.29, 0.717) is 0 Å². The van der Waals surface area contributed by atoms with Crippen LogP contribution in [0, 0.1) is 0 Å². The van der Waals surface area contributed by atoms with Gasteiger partial charge in [-0.25, -0.2) is 22.0 Å². The molecule has 0 aliphatic carbocycles. The van der Waals surface area contributed by atoms with Crippen molar-refractivity contribution >= 4 is 43.3 Å². The number of hydrogen-bond acceptors (Lipinski definition) is 6. The molecule has 0 aromatic heterocycles. The molecule has 0 fully saturated rings. The maximum atomic E-state index is 11.7. The average molecular weight is 357 g/mol. The SMILES string of the molecule is CCOC(=O)CS(=O)(=O)Nc1cc(S(N)(=O)=O)ccc1Cl. The summed E-state index contributed by atoms with van der Waals surface area (Å²) in [5.74, 6) is -1.86. The molecule has 0 heterocycles. The van der Waals surface area contributed by atoms with E-state index in [4.69, 9.17) is 16.7 Å². The summed E-state index contributed by atoms with van der Waals surface area (Å²) in [6.07, 6.45) is 0. The first-order chi connectivity index (χ1) is 9.55. The molecule has 8 nitrogen and oxygen atoms in total. The van der Waals surface area contributed by atoms with Gasteiger partial charge in [0.1, 0.15) is 0 Å². The molecular formula is C10H13ClN2O6S2. The highest BCUT2D eigenvalue weighted by molar-refractivity contribution is 7.93. The Morgan fingerprint density at radius 3 is 2.48 bits per heavy atom. The third kappa shape index (κ3) is 5.50. The number of benzene rings is 1. The predicted octanol–water partition coefficient (Wildman–Crippen LogP) is 0.292. The molecule has 0 unspecified atom stereocenters. The Hall–Kier alpha value is -1.36. The predicted molar refractivity (Wildman–Crippen MR) is 76.9 cm³/mol. The summed E-state index contributed by atoms with van der Waals surface area (Å²) in [6.45, 7) is 1.57. The van der Waals surface area contributed by atoms with Gasteiger partial charge in [-0.3, -0.25) is 9.52 Å². The van der Waals surface area contributed by atoms with Crippen molar-refractivity contribution in [3.05, 3.63) is 23.2 Å². The molecule has 0 spiro atoms. The summed E-state index contributed by atoms with van der Waals surface area (Å²) in [6, 6.07) is 3.25. The van der Waals surface area contributed by atoms with E-state index in [1.165, 1.54) is 13.0 Å². The Kier molecular flexibility index (Phi) is 5.56. The second kappa shape index (κ2) is 6.60. The van der Waals surface area contributed by atoms with Crippen molar-refractivity contribution in [3.8, 4) is 0 Å². The van der Waals surface area contributed by atoms with Crippen LogP contribution in [0.25, 0.3) is 0 Å². The Morgan fingerprint density at radius 1 is 1.33 bits per heavy atom. The molecule has 0 atom stereocenters. The molecule has 1 aromatic carbocycles. The summed E-state index contributed by atoms with van der Waals surface area (Å²) < 4.78 is 52.4. The van der Waals surface area contributed by atoms with Gasteiger partial charge in [-0.2, -0.15) is 0 Å². The van der Waals surface area contributed by atoms with Gasteiger partial charge in [0.2, 0.25) is 20.0 Å². The largest absolute Gasteiger partial charge is 0.465 e. The van der Waals surface area contributed by atoms with Crippen molar-refractivity contribution in [1.82, 2.24) is 0 Å². The van der Waals surface area contributed by atoms with Gasteiger partial charge >= 0.3 is 5.97 Å². The minimum atomic E-state index is -4.09. The highest BCUT2D eigenvalue weighted by Gasteiger charge is 2.20. The summed E-state index contributed by atoms with van der Waals surface area (Å²) in [5, 5.41) is 4.89. The summed E-state index contributed by atoms with van der Waals surface area (Å²) in [4.78, 5) is 10.9. The van der Waals surface area contributed by atoms with Gasteiger partial charge in [-0.1, -0.05) is 11.6 Å². The number of esters is 1. The minimum absolute atomic E-state index is 0.0377. The van der Waals surface area contributed by atoms with Crippen LogP contribution in [0.5, 0.6) is 0 Å². The zero-order valence-corrected chi connectivity index (χ0v) is 13.3. The van der Waals surface area contributed by atoms with Crippen LogP contribution in [0.1, 0.15) is 6.92 Å². The smallest absolute Gasteiger partial charge is 0.323 e. The molecule has 118 valence electrons. The molecule has 0 radical (unpaired) electrons. The zero-order chi connectivity index (χ0) is 16.3. The molecule has 1 aromatic rings. The van der Waals surface area contributed by atoms with Crippen molar-refractivity contribution in [2.75, 3.05) is 17.1 Å². The Morgan fingerprint density at radius 2 is 1.95 bits per heavy atom. The van der Waals surface area contributed by atoms with Crippen LogP contribution in [-0.2, 0) is 29.6 Å². The first kappa shape index (κ1) is 17.7. The normalized spacial score (nSPS) is 12.0. The highest BCUT2D eigenvalue weighted by Crippen LogP contribution is 2.25. The van der Waals surface area contributed by atoms with E-state index < -0.39 is 31.8 Å². The lowest BCUT2D eigenvalue weighted by Crippen LogP contribution is -2.24. The Bertz CT molecular complexity index is 745. The van der Waals surface area contributed by atoms with E-state index in [1.54, 1.807) is 0 Å². The lowest BCUT2D eigenvalue weighted by molar-refractivity contribution is -0.139. The number of ether oxygens (including phenoxy) is 1. The van der Waals surface area contributed by atoms with Crippen LogP contribution in [0.15, 0.2) is 23.1 Å². The maximum absolute atomic E-state index is 11.7. The van der Waals surface area contributed by atoms with Gasteiger partial charge in [0, 0.05) is 0 Å². The van der Waals surface area contributed by atoms with Gasteiger partial charge in [-0.15, -0.1) is 0 Å². The zero-order valence-electron chi connectivity index (χ0n) is 10.9. The van der Waals surface area contributed by atoms with Gasteiger partial charge in [0.25, 0.3) is 0 Å². The number of primary sulfonamides is 1. The number of carbonyl (C=O) groups is 1. The van der Waals surface area contributed by atoms with Crippen molar-refractivity contribution in [2.24, 2.45) is 5.14 Å². The molecule has 3 N–H and O–H groups in total. The highest BCUT2D eigenvalue weighted by atomic mass is 35.5. The van der Waals surface area contributed by atoms with Crippen LogP contribution in [0.4, 0.5) is 5.69 Å². The van der Waals surface area contributed by atoms with E-state index in [9.17, 15) is 21.6 Å². The van der Waals surface area contributed by atoms with Crippen LogP contribution in [0.2, 0.25) is 5.02 Å². The van der Waals surface area contributed by atoms with E-state index in [2.05, 4.69) is 4.74 Å². The third-order valence-corrected chi connectivity index (χ3v) is 4.53. The van der Waals surface area contributed by atoms with Gasteiger partial charge in [0.05, 0.1) is 22.2 Å². The quantitative estimate of drug-likeness (QED) is 0.704. The van der Waals surface area contributed by atoms with E-state index in [1.807, 2.05) is 4.72 Å². The van der Waals surface area contributed by atoms with Crippen molar-refractivity contribution in [3.63, 3.8) is 0 Å². The number of nitrogens with one attached hydrogen (secondary N) is 1. The third-order valence-electron chi connectivity index (χ3n) is 2.15. The molecule has 0 bridgehead atoms. The second-order valence-electron chi connectivity index (χ2n) is 3.85. The molecule has 1 rings (SSSR count). The fourth-order valence-corrected chi connectivity index (χ4v) is 3.05. The topological polar surface area (TPSA) is 133 Å². The number of hydrogen-bond donors (Lipinski definition) is 2. The maximum Gasteiger partial charge on any atom is 0.323 e. The Balaban J connectivity index is 3.04. The lowest BCUT2D eigenvalue weighted by Gasteiger charge is -2.10. The first-order valence-electron chi connectivity index (χ1n) is 5.53. The fraction of sp³-hybridized carbons (Fsp3) is 0.300. The molecule has 0 amide bonds. The van der Waals surface area contributed by atoms with E-state index >= 15 is 0 Å². The summed E-state index contributed by atoms with van der Waals surface area (Å²) in [7, 11) is -8.10. The number of carbonyl (C=O) groups excluding carboxylic acids is 1. The molecule has 0 aliphatic heterocycles. The average Bonchev–Trinajstić information content (AvgIpc) is 2.29. The van der Waals surface area contributed by atoms with Crippen molar-refractivity contribution < 1.29 is 26.4 Å². The lowest BCUT2D eigenvalue weighted by atomic mass is 10.3. The minimum Gasteiger partial charge on any atom is -0.465 e. The number of rotatable bonds is 6. The van der Waals surface area contributed by atoms with Gasteiger partial charge < -0.3 is 4.74 Å². The van der Waals surface area contributed by atoms with Crippen molar-refractivity contribution in [2.45, 2.75) is 11.8 Å². The number of nitrogens with two attached hydrogens (primary N) is 1. The number of halogens is 1. The number of anilines is 1. The number of sulfonamides is 2. The standard InChI is InChI=1S/C10H13ClN2O6S2/c1-2-19-10(14)6-20(15,16)13-9-5-7(21(12,17)18)3-4-8(9)11/h3-5,13H,2,6H2,1H3,(H2,12,17,18). The molecule has 0 saturated heterocycles. The van der Waals surface area contributed by atoms with Crippen LogP contribution in [0.3, 0.4) is 0 Å². The fourth-order valence-electron chi connectivity index (χ4n) is 1.32. The molecule has 0 saturated carbocycles. The molecular weight excluding hydrogens is 344 g/mol. The second-order valence-corrected chi connectivity index (χ2v) is 7.54. The summed E-state index contributed by atoms with van der Waals surface area (Å²) >= 11 is 5.77. The Labute approximate surface area is 127 Å². The molecule has 11 heteroatoms. The van der Waals surface area contributed by atoms with Crippen LogP contribution >= 0.6 is 11.6 Å². The summed E-state index contributed by atoms with van der Waals surface area (Å²) in [5.41, 5.74) is -0.201. The first-order valence-corrected chi connectivity index (χ1v) is 9.11. The molecule has 21 heavy (non-hydrogen) atoms. The molecule has 0 aliphatic rings.